The average Bonchev–Trinajstić information content (AvgIpc) is 2.65. The predicted octanol–water partition coefficient (Wildman–Crippen LogP) is 1.35. The van der Waals surface area contributed by atoms with Crippen LogP contribution in [0.2, 0.25) is 0 Å². The minimum atomic E-state index is -0.988. The number of carbonyl (C=O) groups is 4. The normalized spacial score (nSPS) is 12.3. The highest BCUT2D eigenvalue weighted by atomic mass is 32.2. The number of hydrogen-bond acceptors (Lipinski definition) is 6. The quantitative estimate of drug-likeness (QED) is 0.278. The van der Waals surface area contributed by atoms with Gasteiger partial charge in [0.05, 0.1) is 24.2 Å². The fraction of sp³-hybridized carbons (Fsp3) is 0.789. The molecule has 0 aliphatic carbocycles. The van der Waals surface area contributed by atoms with Gasteiger partial charge in [0.1, 0.15) is 0 Å². The van der Waals surface area contributed by atoms with E-state index in [4.69, 9.17) is 10.2 Å². The van der Waals surface area contributed by atoms with Crippen molar-refractivity contribution in [1.29, 1.82) is 0 Å². The van der Waals surface area contributed by atoms with Gasteiger partial charge >= 0.3 is 5.97 Å². The highest BCUT2D eigenvalue weighted by molar-refractivity contribution is 8.00. The number of Topliss-reactive ketones (excluding diaryl/α,β-unsaturated/α-hetero) is 1. The number of nitrogens with one attached hydrogen (secondary N) is 2. The van der Waals surface area contributed by atoms with E-state index in [1.807, 2.05) is 20.8 Å². The first-order chi connectivity index (χ1) is 13.2. The summed E-state index contributed by atoms with van der Waals surface area (Å²) in [7, 11) is 0. The lowest BCUT2D eigenvalue weighted by Crippen LogP contribution is -2.47. The maximum atomic E-state index is 13.0. The van der Waals surface area contributed by atoms with E-state index in [-0.39, 0.29) is 42.1 Å². The molecule has 0 rings (SSSR count). The Balaban J connectivity index is 4.72. The Morgan fingerprint density at radius 3 is 2.21 bits per heavy atom. The molecule has 0 aromatic rings. The number of ketones is 1. The first-order valence-corrected chi connectivity index (χ1v) is 10.9. The second-order valence-corrected chi connectivity index (χ2v) is 7.94. The van der Waals surface area contributed by atoms with Gasteiger partial charge in [-0.05, 0) is 32.1 Å². The van der Waals surface area contributed by atoms with Crippen molar-refractivity contribution in [3.05, 3.63) is 0 Å². The lowest BCUT2D eigenvalue weighted by molar-refractivity contribution is -0.134. The molecule has 0 spiro atoms. The summed E-state index contributed by atoms with van der Waals surface area (Å²) in [5.41, 5.74) is -0.526. The van der Waals surface area contributed by atoms with Crippen LogP contribution in [-0.4, -0.2) is 64.5 Å². The van der Waals surface area contributed by atoms with Gasteiger partial charge in [0.2, 0.25) is 11.8 Å². The van der Waals surface area contributed by atoms with Crippen molar-refractivity contribution >= 4 is 35.3 Å². The molecular formula is C19H34N2O6S. The number of carboxylic acid groups (broad SMARTS) is 1. The number of thioether (sulfide) groups is 1. The monoisotopic (exact) mass is 418 g/mol. The van der Waals surface area contributed by atoms with Gasteiger partial charge in [0.25, 0.3) is 0 Å². The molecule has 1 unspecified atom stereocenters. The summed E-state index contributed by atoms with van der Waals surface area (Å²) in [6.45, 7) is 6.03. The Labute approximate surface area is 171 Å². The molecule has 0 fully saturated rings. The Kier molecular flexibility index (Phi) is 13.6. The minimum Gasteiger partial charge on any atom is -0.481 e. The molecule has 2 amide bonds. The van der Waals surface area contributed by atoms with Crippen LogP contribution in [0.5, 0.6) is 0 Å². The smallest absolute Gasteiger partial charge is 0.313 e. The molecule has 4 N–H and O–H groups in total. The molecule has 8 nitrogen and oxygen atoms in total. The molecule has 0 aliphatic heterocycles. The van der Waals surface area contributed by atoms with Crippen molar-refractivity contribution in [1.82, 2.24) is 10.6 Å². The van der Waals surface area contributed by atoms with Gasteiger partial charge in [-0.2, -0.15) is 0 Å². The molecule has 28 heavy (non-hydrogen) atoms. The van der Waals surface area contributed by atoms with E-state index in [1.54, 1.807) is 0 Å². The summed E-state index contributed by atoms with van der Waals surface area (Å²) in [5.74, 6) is -1.75. The first-order valence-electron chi connectivity index (χ1n) is 9.70. The molecule has 1 atom stereocenters. The van der Waals surface area contributed by atoms with Crippen LogP contribution >= 0.6 is 11.8 Å². The van der Waals surface area contributed by atoms with Crippen molar-refractivity contribution < 1.29 is 29.4 Å². The third-order valence-corrected chi connectivity index (χ3v) is 5.76. The maximum absolute atomic E-state index is 13.0. The second kappa shape index (κ2) is 14.4. The zero-order valence-corrected chi connectivity index (χ0v) is 17.9. The number of hydrogen-bond donors (Lipinski definition) is 4. The van der Waals surface area contributed by atoms with Crippen LogP contribution in [-0.2, 0) is 19.2 Å². The summed E-state index contributed by atoms with van der Waals surface area (Å²) < 4.78 is 0. The zero-order valence-electron chi connectivity index (χ0n) is 17.1. The summed E-state index contributed by atoms with van der Waals surface area (Å²) in [6.07, 6.45) is 3.15. The molecule has 0 aromatic carbocycles. The number of carbonyl (C=O) groups excluding carboxylic acids is 3. The molecule has 0 aromatic heterocycles. The number of rotatable bonds is 16. The van der Waals surface area contributed by atoms with Crippen molar-refractivity contribution in [2.75, 3.05) is 24.7 Å². The van der Waals surface area contributed by atoms with Crippen LogP contribution in [0.3, 0.4) is 0 Å². The highest BCUT2D eigenvalue weighted by Gasteiger charge is 2.35. The van der Waals surface area contributed by atoms with Gasteiger partial charge in [-0.1, -0.05) is 20.8 Å². The topological polar surface area (TPSA) is 133 Å². The molecule has 0 saturated heterocycles. The van der Waals surface area contributed by atoms with Crippen molar-refractivity contribution in [2.24, 2.45) is 5.41 Å². The minimum absolute atomic E-state index is 0.0116. The van der Waals surface area contributed by atoms with E-state index in [1.165, 1.54) is 0 Å². The number of aliphatic carboxylic acids is 1. The maximum Gasteiger partial charge on any atom is 0.313 e. The lowest BCUT2D eigenvalue weighted by Gasteiger charge is -2.30. The first kappa shape index (κ1) is 26.4. The van der Waals surface area contributed by atoms with E-state index < -0.39 is 17.4 Å². The summed E-state index contributed by atoms with van der Waals surface area (Å²) >= 11 is 0.991. The van der Waals surface area contributed by atoms with Crippen LogP contribution in [0.1, 0.15) is 59.3 Å². The number of carboxylic acids is 1. The van der Waals surface area contributed by atoms with E-state index in [2.05, 4.69) is 10.6 Å². The molecule has 0 saturated carbocycles. The number of aliphatic hydroxyl groups excluding tert-OH is 1. The van der Waals surface area contributed by atoms with E-state index in [0.717, 1.165) is 11.8 Å². The SMILES string of the molecule is CCC(C)(CC)C(=O)C(CCCCNC(=O)CCO)NC(=O)CSCC(=O)O. The Morgan fingerprint density at radius 1 is 1.04 bits per heavy atom. The van der Waals surface area contributed by atoms with E-state index in [0.29, 0.717) is 38.6 Å². The standard InChI is InChI=1S/C19H34N2O6S/c1-4-19(3,5-2)18(27)14(21-16(24)12-28-13-17(25)26)8-6-7-10-20-15(23)9-11-22/h14,22H,4-13H2,1-3H3,(H,20,23)(H,21,24)(H,25,26). The van der Waals surface area contributed by atoms with Crippen molar-refractivity contribution in [3.8, 4) is 0 Å². The van der Waals surface area contributed by atoms with E-state index >= 15 is 0 Å². The summed E-state index contributed by atoms with van der Waals surface area (Å²) in [5, 5.41) is 22.8. The molecular weight excluding hydrogens is 384 g/mol. The van der Waals surface area contributed by atoms with Gasteiger partial charge in [-0.25, -0.2) is 0 Å². The van der Waals surface area contributed by atoms with Crippen LogP contribution in [0.4, 0.5) is 0 Å². The van der Waals surface area contributed by atoms with Crippen LogP contribution in [0.25, 0.3) is 0 Å². The van der Waals surface area contributed by atoms with Crippen molar-refractivity contribution in [3.63, 3.8) is 0 Å². The van der Waals surface area contributed by atoms with Gasteiger partial charge < -0.3 is 20.8 Å². The van der Waals surface area contributed by atoms with Crippen LogP contribution in [0.15, 0.2) is 0 Å². The Morgan fingerprint density at radius 2 is 1.68 bits per heavy atom. The van der Waals surface area contributed by atoms with Crippen molar-refractivity contribution in [2.45, 2.75) is 65.3 Å². The molecule has 0 radical (unpaired) electrons. The van der Waals surface area contributed by atoms with Gasteiger partial charge in [0.15, 0.2) is 5.78 Å². The third-order valence-electron chi connectivity index (χ3n) is 4.85. The Bertz CT molecular complexity index is 523. The number of amides is 2. The zero-order chi connectivity index (χ0) is 21.6. The Hall–Kier alpha value is -1.61. The van der Waals surface area contributed by atoms with Gasteiger partial charge in [-0.15, -0.1) is 11.8 Å². The highest BCUT2D eigenvalue weighted by Crippen LogP contribution is 2.29. The fourth-order valence-corrected chi connectivity index (χ4v) is 3.19. The number of unbranched alkanes of at least 4 members (excludes halogenated alkanes) is 1. The molecule has 0 bridgehead atoms. The van der Waals surface area contributed by atoms with Crippen LogP contribution in [0, 0.1) is 5.41 Å². The molecule has 0 heterocycles. The average molecular weight is 419 g/mol. The summed E-state index contributed by atoms with van der Waals surface area (Å²) in [4.78, 5) is 47.0. The summed E-state index contributed by atoms with van der Waals surface area (Å²) in [6, 6.07) is -0.629. The van der Waals surface area contributed by atoms with Crippen LogP contribution < -0.4 is 10.6 Å². The molecule has 162 valence electrons. The predicted molar refractivity (Wildman–Crippen MR) is 109 cm³/mol. The number of aliphatic hydroxyl groups is 1. The fourth-order valence-electron chi connectivity index (χ4n) is 2.65. The second-order valence-electron chi connectivity index (χ2n) is 6.96. The molecule has 9 heteroatoms. The van der Waals surface area contributed by atoms with E-state index in [9.17, 15) is 19.2 Å². The third kappa shape index (κ3) is 10.7. The van der Waals surface area contributed by atoms with Gasteiger partial charge in [-0.3, -0.25) is 19.2 Å². The lowest BCUT2D eigenvalue weighted by atomic mass is 9.76. The molecule has 0 aliphatic rings. The van der Waals surface area contributed by atoms with Gasteiger partial charge in [0, 0.05) is 18.4 Å². The largest absolute Gasteiger partial charge is 0.481 e.